The van der Waals surface area contributed by atoms with Crippen molar-refractivity contribution in [3.8, 4) is 11.5 Å². The molecule has 1 atom stereocenters. The summed E-state index contributed by atoms with van der Waals surface area (Å²) in [7, 11) is 0. The van der Waals surface area contributed by atoms with Crippen LogP contribution in [-0.4, -0.2) is 14.6 Å². The number of aromatic nitrogens is 3. The first-order valence-electron chi connectivity index (χ1n) is 9.25. The first-order valence-corrected chi connectivity index (χ1v) is 9.25. The summed E-state index contributed by atoms with van der Waals surface area (Å²) in [5.41, 5.74) is 8.17. The molecular formula is C23H16N4O. The summed E-state index contributed by atoms with van der Waals surface area (Å²) in [6.45, 7) is 0. The number of aromatic amines is 1. The van der Waals surface area contributed by atoms with Gasteiger partial charge in [0.15, 0.2) is 5.82 Å². The van der Waals surface area contributed by atoms with Crippen LogP contribution in [0, 0.1) is 0 Å². The van der Waals surface area contributed by atoms with E-state index in [0.717, 1.165) is 27.7 Å². The Bertz CT molecular complexity index is 1420. The molecule has 1 unspecified atom stereocenters. The number of fused-ring (bicyclic) bond motifs is 6. The van der Waals surface area contributed by atoms with Crippen LogP contribution in [0.1, 0.15) is 17.2 Å². The van der Waals surface area contributed by atoms with E-state index in [9.17, 15) is 4.79 Å². The van der Waals surface area contributed by atoms with Crippen molar-refractivity contribution in [1.29, 1.82) is 0 Å². The molecule has 0 saturated carbocycles. The van der Waals surface area contributed by atoms with E-state index >= 15 is 0 Å². The second kappa shape index (κ2) is 5.57. The summed E-state index contributed by atoms with van der Waals surface area (Å²) >= 11 is 0. The molecule has 0 bridgehead atoms. The van der Waals surface area contributed by atoms with Crippen LogP contribution in [0.15, 0.2) is 83.7 Å². The van der Waals surface area contributed by atoms with Crippen LogP contribution in [0.25, 0.3) is 33.3 Å². The van der Waals surface area contributed by atoms with Crippen LogP contribution in [-0.2, 0) is 0 Å². The lowest BCUT2D eigenvalue weighted by atomic mass is 9.95. The molecule has 2 N–H and O–H groups in total. The average molecular weight is 364 g/mol. The van der Waals surface area contributed by atoms with Crippen LogP contribution < -0.4 is 11.0 Å². The molecule has 0 fully saturated rings. The number of nitrogens with one attached hydrogen (secondary N) is 2. The Hall–Kier alpha value is -3.86. The van der Waals surface area contributed by atoms with Crippen LogP contribution in [0.4, 0.5) is 0 Å². The molecule has 0 radical (unpaired) electrons. The molecule has 3 heterocycles. The van der Waals surface area contributed by atoms with Gasteiger partial charge in [0.1, 0.15) is 0 Å². The number of hydrogen-bond acceptors (Lipinski definition) is 3. The summed E-state index contributed by atoms with van der Waals surface area (Å²) in [5, 5.41) is 1.73. The zero-order chi connectivity index (χ0) is 18.7. The van der Waals surface area contributed by atoms with Crippen molar-refractivity contribution in [1.82, 2.24) is 14.6 Å². The van der Waals surface area contributed by atoms with Gasteiger partial charge >= 0.3 is 0 Å². The number of benzene rings is 3. The first-order chi connectivity index (χ1) is 13.8. The first kappa shape index (κ1) is 15.2. The van der Waals surface area contributed by atoms with Crippen LogP contribution in [0.3, 0.4) is 0 Å². The lowest BCUT2D eigenvalue weighted by Crippen LogP contribution is -2.37. The van der Waals surface area contributed by atoms with E-state index in [1.165, 1.54) is 0 Å². The zero-order valence-corrected chi connectivity index (χ0v) is 14.9. The summed E-state index contributed by atoms with van der Waals surface area (Å²) in [6, 6.07) is 25.7. The molecule has 1 aliphatic rings. The van der Waals surface area contributed by atoms with E-state index in [0.29, 0.717) is 16.7 Å². The summed E-state index contributed by atoms with van der Waals surface area (Å²) in [6.07, 6.45) is 0. The topological polar surface area (TPSA) is 62.7 Å². The van der Waals surface area contributed by atoms with Crippen molar-refractivity contribution in [2.24, 2.45) is 0 Å². The van der Waals surface area contributed by atoms with E-state index in [4.69, 9.17) is 4.98 Å². The number of para-hydroxylation sites is 2. The Balaban J connectivity index is 1.74. The molecule has 5 aromatic rings. The van der Waals surface area contributed by atoms with E-state index in [-0.39, 0.29) is 11.6 Å². The number of rotatable bonds is 1. The number of H-pyrrole nitrogens is 1. The van der Waals surface area contributed by atoms with Gasteiger partial charge < -0.3 is 10.4 Å². The van der Waals surface area contributed by atoms with Gasteiger partial charge in [-0.1, -0.05) is 60.7 Å². The van der Waals surface area contributed by atoms with Crippen molar-refractivity contribution in [2.45, 2.75) is 6.04 Å². The maximum absolute atomic E-state index is 13.2. The van der Waals surface area contributed by atoms with Crippen molar-refractivity contribution in [2.75, 3.05) is 5.43 Å². The molecular weight excluding hydrogens is 348 g/mol. The van der Waals surface area contributed by atoms with Crippen molar-refractivity contribution >= 4 is 21.8 Å². The molecule has 28 heavy (non-hydrogen) atoms. The van der Waals surface area contributed by atoms with Gasteiger partial charge in [0.05, 0.1) is 22.6 Å². The van der Waals surface area contributed by atoms with Gasteiger partial charge in [-0.05, 0) is 23.8 Å². The van der Waals surface area contributed by atoms with Gasteiger partial charge in [-0.3, -0.25) is 4.79 Å². The minimum atomic E-state index is -0.152. The smallest absolute Gasteiger partial charge is 0.280 e. The maximum Gasteiger partial charge on any atom is 0.280 e. The minimum Gasteiger partial charge on any atom is -0.352 e. The highest BCUT2D eigenvalue weighted by molar-refractivity contribution is 5.92. The quantitative estimate of drug-likeness (QED) is 0.469. The molecule has 2 aromatic heterocycles. The highest BCUT2D eigenvalue weighted by Gasteiger charge is 2.31. The van der Waals surface area contributed by atoms with Gasteiger partial charge in [0, 0.05) is 16.5 Å². The van der Waals surface area contributed by atoms with Crippen molar-refractivity contribution < 1.29 is 0 Å². The lowest BCUT2D eigenvalue weighted by Gasteiger charge is -2.29. The van der Waals surface area contributed by atoms with Crippen molar-refractivity contribution in [3.63, 3.8) is 0 Å². The fraction of sp³-hybridized carbons (Fsp3) is 0.0435. The SMILES string of the molecule is O=c1c2ccccc2nc2n1NC(c1ccccc1)c1c-2[nH]c2ccccc12. The third-order valence-electron chi connectivity index (χ3n) is 5.43. The monoisotopic (exact) mass is 364 g/mol. The summed E-state index contributed by atoms with van der Waals surface area (Å²) in [4.78, 5) is 21.5. The Kier molecular flexibility index (Phi) is 3.03. The Morgan fingerprint density at radius 2 is 1.54 bits per heavy atom. The Morgan fingerprint density at radius 3 is 2.39 bits per heavy atom. The summed E-state index contributed by atoms with van der Waals surface area (Å²) < 4.78 is 1.58. The fourth-order valence-electron chi connectivity index (χ4n) is 4.14. The fourth-order valence-corrected chi connectivity index (χ4v) is 4.14. The Morgan fingerprint density at radius 1 is 0.821 bits per heavy atom. The third kappa shape index (κ3) is 2.01. The third-order valence-corrected chi connectivity index (χ3v) is 5.43. The predicted octanol–water partition coefficient (Wildman–Crippen LogP) is 4.19. The predicted molar refractivity (Wildman–Crippen MR) is 111 cm³/mol. The van der Waals surface area contributed by atoms with E-state index in [1.807, 2.05) is 54.6 Å². The molecule has 0 aliphatic carbocycles. The molecule has 1 aliphatic heterocycles. The van der Waals surface area contributed by atoms with Gasteiger partial charge in [-0.25, -0.2) is 9.66 Å². The minimum absolute atomic E-state index is 0.0918. The van der Waals surface area contributed by atoms with Gasteiger partial charge in [0.25, 0.3) is 5.56 Å². The normalized spacial score (nSPS) is 15.2. The largest absolute Gasteiger partial charge is 0.352 e. The molecule has 0 spiro atoms. The van der Waals surface area contributed by atoms with E-state index in [1.54, 1.807) is 4.68 Å². The van der Waals surface area contributed by atoms with E-state index < -0.39 is 0 Å². The standard InChI is InChI=1S/C23H16N4O/c28-23-16-11-5-7-13-18(16)25-22-21-19(15-10-4-6-12-17(15)24-21)20(26-27(22)23)14-8-2-1-3-9-14/h1-13,20,24,26H. The average Bonchev–Trinajstić information content (AvgIpc) is 3.14. The molecule has 134 valence electrons. The van der Waals surface area contributed by atoms with Gasteiger partial charge in [-0.15, -0.1) is 0 Å². The second-order valence-corrected chi connectivity index (χ2v) is 7.03. The molecule has 0 amide bonds. The zero-order valence-electron chi connectivity index (χ0n) is 14.9. The lowest BCUT2D eigenvalue weighted by molar-refractivity contribution is 0.711. The van der Waals surface area contributed by atoms with Crippen LogP contribution in [0.5, 0.6) is 0 Å². The van der Waals surface area contributed by atoms with Gasteiger partial charge in [-0.2, -0.15) is 0 Å². The van der Waals surface area contributed by atoms with Crippen LogP contribution >= 0.6 is 0 Å². The molecule has 5 heteroatoms. The number of nitrogens with zero attached hydrogens (tertiary/aromatic N) is 2. The van der Waals surface area contributed by atoms with Gasteiger partial charge in [0.2, 0.25) is 0 Å². The summed E-state index contributed by atoms with van der Waals surface area (Å²) in [5.74, 6) is 0.613. The van der Waals surface area contributed by atoms with E-state index in [2.05, 4.69) is 34.7 Å². The Labute approximate surface area is 160 Å². The second-order valence-electron chi connectivity index (χ2n) is 7.03. The number of hydrogen-bond donors (Lipinski definition) is 2. The van der Waals surface area contributed by atoms with Crippen LogP contribution in [0.2, 0.25) is 0 Å². The highest BCUT2D eigenvalue weighted by atomic mass is 16.1. The molecule has 0 saturated heterocycles. The molecule has 3 aromatic carbocycles. The highest BCUT2D eigenvalue weighted by Crippen LogP contribution is 2.40. The molecule has 5 nitrogen and oxygen atoms in total. The van der Waals surface area contributed by atoms with Crippen molar-refractivity contribution in [3.05, 3.63) is 100 Å². The maximum atomic E-state index is 13.2. The molecule has 6 rings (SSSR count).